The zero-order valence-corrected chi connectivity index (χ0v) is 9.04. The van der Waals surface area contributed by atoms with Crippen LogP contribution in [0.2, 0.25) is 0 Å². The number of anilines is 1. The molecule has 3 N–H and O–H groups in total. The second kappa shape index (κ2) is 5.04. The smallest absolute Gasteiger partial charge is 0.269 e. The molecule has 2 unspecified atom stereocenters. The molecule has 15 heavy (non-hydrogen) atoms. The van der Waals surface area contributed by atoms with Crippen LogP contribution in [0.3, 0.4) is 0 Å². The molecule has 2 atom stereocenters. The van der Waals surface area contributed by atoms with E-state index in [1.165, 1.54) is 0 Å². The molecule has 7 nitrogen and oxygen atoms in total. The summed E-state index contributed by atoms with van der Waals surface area (Å²) in [5.74, 6) is 0.522. The molecule has 0 radical (unpaired) electrons. The lowest BCUT2D eigenvalue weighted by molar-refractivity contribution is -0.120. The average Bonchev–Trinajstić information content (AvgIpc) is 2.75. The van der Waals surface area contributed by atoms with E-state index in [4.69, 9.17) is 0 Å². The van der Waals surface area contributed by atoms with Gasteiger partial charge in [-0.25, -0.2) is 0 Å². The number of nitrogens with zero attached hydrogens (tertiary/aromatic N) is 3. The fourth-order valence-electron chi connectivity index (χ4n) is 1.58. The van der Waals surface area contributed by atoms with Crippen molar-refractivity contribution in [3.05, 3.63) is 0 Å². The summed E-state index contributed by atoms with van der Waals surface area (Å²) in [6.45, 7) is 3.63. The first-order valence-electron chi connectivity index (χ1n) is 4.52. The van der Waals surface area contributed by atoms with Gasteiger partial charge in [0.15, 0.2) is 0 Å². The summed E-state index contributed by atoms with van der Waals surface area (Å²) in [6.07, 6.45) is 0. The van der Waals surface area contributed by atoms with Gasteiger partial charge in [-0.15, -0.1) is 17.5 Å². The molecule has 1 amide bonds. The molecular formula is C7H13ClN6O. The summed E-state index contributed by atoms with van der Waals surface area (Å²) in [5, 5.41) is 18.7. The third-order valence-electron chi connectivity index (χ3n) is 2.43. The van der Waals surface area contributed by atoms with E-state index in [9.17, 15) is 4.79 Å². The van der Waals surface area contributed by atoms with Crippen molar-refractivity contribution in [3.8, 4) is 0 Å². The molecule has 1 fully saturated rings. The van der Waals surface area contributed by atoms with E-state index in [0.717, 1.165) is 6.54 Å². The van der Waals surface area contributed by atoms with E-state index in [-0.39, 0.29) is 30.2 Å². The quantitative estimate of drug-likeness (QED) is 0.634. The third-order valence-corrected chi connectivity index (χ3v) is 2.43. The van der Waals surface area contributed by atoms with Crippen molar-refractivity contribution in [3.63, 3.8) is 0 Å². The Balaban J connectivity index is 0.00000112. The highest BCUT2D eigenvalue weighted by atomic mass is 35.5. The summed E-state index contributed by atoms with van der Waals surface area (Å²) in [4.78, 5) is 11.7. The van der Waals surface area contributed by atoms with Gasteiger partial charge in [0.25, 0.3) is 5.95 Å². The van der Waals surface area contributed by atoms with Crippen molar-refractivity contribution in [1.82, 2.24) is 25.9 Å². The molecule has 0 aliphatic carbocycles. The molecule has 2 heterocycles. The topological polar surface area (TPSA) is 95.6 Å². The molecule has 1 aromatic rings. The van der Waals surface area contributed by atoms with Crippen molar-refractivity contribution in [2.24, 2.45) is 11.8 Å². The summed E-state index contributed by atoms with van der Waals surface area (Å²) in [5.41, 5.74) is 0. The summed E-state index contributed by atoms with van der Waals surface area (Å²) >= 11 is 0. The number of hydrogen-bond acceptors (Lipinski definition) is 5. The number of nitrogens with one attached hydrogen (secondary N) is 3. The minimum atomic E-state index is -0.0519. The van der Waals surface area contributed by atoms with E-state index < -0.39 is 0 Å². The maximum atomic E-state index is 11.7. The second-order valence-electron chi connectivity index (χ2n) is 3.47. The van der Waals surface area contributed by atoms with Gasteiger partial charge >= 0.3 is 0 Å². The summed E-state index contributed by atoms with van der Waals surface area (Å²) < 4.78 is 0. The first-order chi connectivity index (χ1) is 6.77. The van der Waals surface area contributed by atoms with Crippen LogP contribution in [0.1, 0.15) is 6.92 Å². The monoisotopic (exact) mass is 232 g/mol. The molecule has 1 saturated heterocycles. The van der Waals surface area contributed by atoms with Crippen LogP contribution >= 0.6 is 12.4 Å². The van der Waals surface area contributed by atoms with Gasteiger partial charge in [0.2, 0.25) is 5.91 Å². The minimum Gasteiger partial charge on any atom is -0.316 e. The van der Waals surface area contributed by atoms with E-state index in [2.05, 4.69) is 31.3 Å². The zero-order chi connectivity index (χ0) is 9.97. The van der Waals surface area contributed by atoms with Crippen LogP contribution in [0, 0.1) is 11.8 Å². The maximum absolute atomic E-state index is 11.7. The van der Waals surface area contributed by atoms with Crippen molar-refractivity contribution in [2.45, 2.75) is 6.92 Å². The minimum absolute atomic E-state index is 0. The van der Waals surface area contributed by atoms with E-state index in [1.807, 2.05) is 6.92 Å². The molecule has 1 aromatic heterocycles. The van der Waals surface area contributed by atoms with Crippen LogP contribution in [0.5, 0.6) is 0 Å². The maximum Gasteiger partial charge on any atom is 0.269 e. The van der Waals surface area contributed by atoms with Gasteiger partial charge in [0, 0.05) is 6.54 Å². The van der Waals surface area contributed by atoms with Gasteiger partial charge in [-0.1, -0.05) is 12.0 Å². The largest absolute Gasteiger partial charge is 0.316 e. The van der Waals surface area contributed by atoms with Crippen LogP contribution < -0.4 is 10.6 Å². The van der Waals surface area contributed by atoms with Crippen molar-refractivity contribution < 1.29 is 4.79 Å². The number of carbonyl (C=O) groups excluding carboxylic acids is 1. The van der Waals surface area contributed by atoms with Gasteiger partial charge in [-0.2, -0.15) is 5.21 Å². The lowest BCUT2D eigenvalue weighted by Gasteiger charge is -2.11. The predicted octanol–water partition coefficient (Wildman–Crippen LogP) is -0.585. The Labute approximate surface area is 92.8 Å². The Hall–Kier alpha value is -1.21. The highest BCUT2D eigenvalue weighted by Gasteiger charge is 2.29. The van der Waals surface area contributed by atoms with Crippen molar-refractivity contribution in [2.75, 3.05) is 18.4 Å². The van der Waals surface area contributed by atoms with Crippen LogP contribution in [0.15, 0.2) is 0 Å². The SMILES string of the molecule is CC1CNCC1C(=O)Nc1nn[nH]n1.Cl. The molecule has 8 heteroatoms. The number of rotatable bonds is 2. The van der Waals surface area contributed by atoms with Crippen LogP contribution in [0.25, 0.3) is 0 Å². The first kappa shape index (κ1) is 11.9. The number of aromatic nitrogens is 4. The average molecular weight is 233 g/mol. The Bertz CT molecular complexity index is 315. The highest BCUT2D eigenvalue weighted by molar-refractivity contribution is 5.91. The molecule has 1 aliphatic heterocycles. The molecule has 2 rings (SSSR count). The van der Waals surface area contributed by atoms with E-state index in [1.54, 1.807) is 0 Å². The highest BCUT2D eigenvalue weighted by Crippen LogP contribution is 2.16. The van der Waals surface area contributed by atoms with Gasteiger partial charge < -0.3 is 5.32 Å². The van der Waals surface area contributed by atoms with E-state index in [0.29, 0.717) is 12.5 Å². The predicted molar refractivity (Wildman–Crippen MR) is 55.6 cm³/mol. The molecule has 0 spiro atoms. The number of amides is 1. The Kier molecular flexibility index (Phi) is 3.98. The Morgan fingerprint density at radius 1 is 1.53 bits per heavy atom. The van der Waals surface area contributed by atoms with Gasteiger partial charge in [0.1, 0.15) is 0 Å². The molecule has 1 aliphatic rings. The van der Waals surface area contributed by atoms with Crippen LogP contribution in [-0.2, 0) is 4.79 Å². The lowest BCUT2D eigenvalue weighted by Crippen LogP contribution is -2.28. The number of hydrogen-bond donors (Lipinski definition) is 3. The number of H-pyrrole nitrogens is 1. The van der Waals surface area contributed by atoms with Crippen LogP contribution in [0.4, 0.5) is 5.95 Å². The molecular weight excluding hydrogens is 220 g/mol. The van der Waals surface area contributed by atoms with Gasteiger partial charge in [-0.3, -0.25) is 10.1 Å². The third kappa shape index (κ3) is 2.63. The normalized spacial score (nSPS) is 24.6. The molecule has 0 aromatic carbocycles. The number of aromatic amines is 1. The number of tetrazole rings is 1. The fourth-order valence-corrected chi connectivity index (χ4v) is 1.58. The fraction of sp³-hybridized carbons (Fsp3) is 0.714. The second-order valence-corrected chi connectivity index (χ2v) is 3.47. The first-order valence-corrected chi connectivity index (χ1v) is 4.52. The standard InChI is InChI=1S/C7H12N6O.ClH/c1-4-2-8-3-5(4)6(14)9-7-10-12-13-11-7;/h4-5,8H,2-3H2,1H3,(H2,9,10,11,12,13,14);1H. The van der Waals surface area contributed by atoms with Gasteiger partial charge in [-0.05, 0) is 17.7 Å². The Morgan fingerprint density at radius 2 is 2.33 bits per heavy atom. The number of halogens is 1. The molecule has 0 bridgehead atoms. The lowest BCUT2D eigenvalue weighted by atomic mass is 9.97. The zero-order valence-electron chi connectivity index (χ0n) is 8.23. The Morgan fingerprint density at radius 3 is 2.87 bits per heavy atom. The van der Waals surface area contributed by atoms with Crippen molar-refractivity contribution in [1.29, 1.82) is 0 Å². The molecule has 0 saturated carbocycles. The van der Waals surface area contributed by atoms with Crippen LogP contribution in [-0.4, -0.2) is 39.6 Å². The number of carbonyl (C=O) groups is 1. The van der Waals surface area contributed by atoms with Gasteiger partial charge in [0.05, 0.1) is 5.92 Å². The molecule has 84 valence electrons. The van der Waals surface area contributed by atoms with E-state index >= 15 is 0 Å². The summed E-state index contributed by atoms with van der Waals surface area (Å²) in [7, 11) is 0. The summed E-state index contributed by atoms with van der Waals surface area (Å²) in [6, 6.07) is 0. The van der Waals surface area contributed by atoms with Crippen molar-refractivity contribution >= 4 is 24.3 Å².